The van der Waals surface area contributed by atoms with E-state index in [0.717, 1.165) is 0 Å². The summed E-state index contributed by atoms with van der Waals surface area (Å²) in [4.78, 5) is 32.7. The molecule has 1 aromatic heterocycles. The second kappa shape index (κ2) is 5.35. The first kappa shape index (κ1) is 15.0. The highest BCUT2D eigenvalue weighted by molar-refractivity contribution is 6.34. The Kier molecular flexibility index (Phi) is 3.48. The minimum atomic E-state index is -0.426. The maximum Gasteiger partial charge on any atom is 0.273 e. The predicted octanol–water partition coefficient (Wildman–Crippen LogP) is 2.05. The fraction of sp³-hybridized carbons (Fsp3) is 0.188. The van der Waals surface area contributed by atoms with Crippen LogP contribution in [0, 0.1) is 12.7 Å². The van der Waals surface area contributed by atoms with Crippen LogP contribution in [0.3, 0.4) is 0 Å². The normalized spacial score (nSPS) is 14.8. The molecule has 0 radical (unpaired) electrons. The Labute approximate surface area is 132 Å². The molecule has 1 aliphatic rings. The molecule has 1 aromatic carbocycles. The van der Waals surface area contributed by atoms with Gasteiger partial charge in [0.2, 0.25) is 0 Å². The average molecular weight is 314 g/mol. The van der Waals surface area contributed by atoms with Crippen molar-refractivity contribution in [2.75, 3.05) is 19.4 Å². The van der Waals surface area contributed by atoms with Gasteiger partial charge in [0.15, 0.2) is 0 Å². The molecular weight excluding hydrogens is 299 g/mol. The zero-order valence-corrected chi connectivity index (χ0v) is 12.9. The number of rotatable bonds is 2. The highest BCUT2D eigenvalue weighted by Gasteiger charge is 2.25. The lowest BCUT2D eigenvalue weighted by Crippen LogP contribution is -2.22. The van der Waals surface area contributed by atoms with Crippen LogP contribution >= 0.6 is 0 Å². The third kappa shape index (κ3) is 2.61. The smallest absolute Gasteiger partial charge is 0.273 e. The largest absolute Gasteiger partial charge is 0.343 e. The summed E-state index contributed by atoms with van der Waals surface area (Å²) in [5.41, 5.74) is 2.23. The minimum absolute atomic E-state index is 0.231. The van der Waals surface area contributed by atoms with E-state index < -0.39 is 5.82 Å². The van der Waals surface area contributed by atoms with E-state index in [1.54, 1.807) is 21.0 Å². The van der Waals surface area contributed by atoms with Crippen molar-refractivity contribution in [3.63, 3.8) is 0 Å². The number of benzene rings is 1. The summed E-state index contributed by atoms with van der Waals surface area (Å²) in [7, 11) is 3.27. The number of nitrogens with one attached hydrogen (secondary N) is 2. The van der Waals surface area contributed by atoms with Crippen LogP contribution in [0.25, 0.3) is 11.6 Å². The van der Waals surface area contributed by atoms with Crippen molar-refractivity contribution < 1.29 is 14.0 Å². The summed E-state index contributed by atoms with van der Waals surface area (Å²) in [6.45, 7) is 1.73. The van der Waals surface area contributed by atoms with E-state index in [1.807, 2.05) is 0 Å². The van der Waals surface area contributed by atoms with E-state index in [0.29, 0.717) is 34.0 Å². The number of carbonyl (C=O) groups excluding carboxylic acids is 2. The number of fused-ring (bicyclic) bond motifs is 1. The Morgan fingerprint density at radius 1 is 1.35 bits per heavy atom. The monoisotopic (exact) mass is 314 g/mol. The summed E-state index contributed by atoms with van der Waals surface area (Å²) in [5, 5.41) is 2.67. The molecule has 2 aromatic rings. The molecule has 0 saturated carbocycles. The Bertz CT molecular complexity index is 852. The Morgan fingerprint density at radius 3 is 2.78 bits per heavy atom. The molecule has 0 fully saturated rings. The summed E-state index contributed by atoms with van der Waals surface area (Å²) < 4.78 is 13.4. The van der Waals surface area contributed by atoms with Gasteiger partial charge in [-0.15, -0.1) is 0 Å². The fourth-order valence-electron chi connectivity index (χ4n) is 2.41. The number of aromatic nitrogens is 2. The van der Waals surface area contributed by atoms with Crippen molar-refractivity contribution in [1.82, 2.24) is 14.9 Å². The molecule has 0 bridgehead atoms. The molecule has 0 saturated heterocycles. The number of aromatic amines is 1. The molecule has 118 valence electrons. The van der Waals surface area contributed by atoms with Gasteiger partial charge in [0.1, 0.15) is 17.3 Å². The molecule has 2 heterocycles. The molecule has 0 unspecified atom stereocenters. The Morgan fingerprint density at radius 2 is 2.09 bits per heavy atom. The van der Waals surface area contributed by atoms with Crippen LogP contribution in [-0.2, 0) is 4.79 Å². The van der Waals surface area contributed by atoms with Gasteiger partial charge in [0.05, 0.1) is 5.57 Å². The van der Waals surface area contributed by atoms with E-state index in [4.69, 9.17) is 0 Å². The molecule has 7 heteroatoms. The average Bonchev–Trinajstić information content (AvgIpc) is 2.99. The van der Waals surface area contributed by atoms with Gasteiger partial charge < -0.3 is 15.2 Å². The summed E-state index contributed by atoms with van der Waals surface area (Å²) in [5.74, 6) is -0.619. The van der Waals surface area contributed by atoms with Crippen molar-refractivity contribution in [2.24, 2.45) is 0 Å². The first-order valence-corrected chi connectivity index (χ1v) is 6.98. The van der Waals surface area contributed by atoms with E-state index in [1.165, 1.54) is 29.2 Å². The number of H-pyrrole nitrogens is 1. The van der Waals surface area contributed by atoms with Crippen LogP contribution in [0.4, 0.5) is 10.1 Å². The maximum absolute atomic E-state index is 13.4. The molecule has 6 nitrogen and oxygen atoms in total. The highest BCUT2D eigenvalue weighted by Crippen LogP contribution is 2.33. The second-order valence-corrected chi connectivity index (χ2v) is 5.50. The first-order valence-electron chi connectivity index (χ1n) is 6.98. The van der Waals surface area contributed by atoms with Crippen molar-refractivity contribution in [1.29, 1.82) is 0 Å². The van der Waals surface area contributed by atoms with Gasteiger partial charge in [0.25, 0.3) is 11.8 Å². The van der Waals surface area contributed by atoms with Crippen LogP contribution in [0.1, 0.15) is 27.6 Å². The van der Waals surface area contributed by atoms with Crippen molar-refractivity contribution in [2.45, 2.75) is 6.92 Å². The van der Waals surface area contributed by atoms with Gasteiger partial charge in [-0.25, -0.2) is 9.37 Å². The van der Waals surface area contributed by atoms with E-state index in [2.05, 4.69) is 15.3 Å². The molecular formula is C16H15FN4O2. The van der Waals surface area contributed by atoms with Gasteiger partial charge in [-0.1, -0.05) is 0 Å². The van der Waals surface area contributed by atoms with Crippen LogP contribution < -0.4 is 5.32 Å². The number of amides is 2. The number of halogens is 1. The van der Waals surface area contributed by atoms with Crippen LogP contribution in [0.2, 0.25) is 0 Å². The molecule has 23 heavy (non-hydrogen) atoms. The second-order valence-electron chi connectivity index (χ2n) is 5.50. The molecule has 0 atom stereocenters. The third-order valence-corrected chi connectivity index (χ3v) is 3.56. The van der Waals surface area contributed by atoms with Crippen LogP contribution in [0.5, 0.6) is 0 Å². The van der Waals surface area contributed by atoms with Crippen molar-refractivity contribution in [3.05, 3.63) is 46.8 Å². The number of anilines is 1. The lowest BCUT2D eigenvalue weighted by atomic mass is 10.1. The van der Waals surface area contributed by atoms with E-state index in [-0.39, 0.29) is 11.8 Å². The first-order chi connectivity index (χ1) is 10.9. The number of hydrogen-bond acceptors (Lipinski definition) is 3. The topological polar surface area (TPSA) is 78.1 Å². The SMILES string of the molecule is Cc1[nH]c(/C=C2\C(=O)Nc3ccc(F)cc32)nc1C(=O)N(C)C. The number of nitrogens with zero attached hydrogens (tertiary/aromatic N) is 2. The number of aryl methyl sites for hydroxylation is 1. The number of imidazole rings is 1. The number of carbonyl (C=O) groups is 2. The lowest BCUT2D eigenvalue weighted by Gasteiger charge is -2.07. The van der Waals surface area contributed by atoms with Crippen LogP contribution in [-0.4, -0.2) is 40.8 Å². The molecule has 1 aliphatic heterocycles. The molecule has 0 spiro atoms. The summed E-state index contributed by atoms with van der Waals surface area (Å²) in [6.07, 6.45) is 1.51. The van der Waals surface area contributed by atoms with Crippen molar-refractivity contribution in [3.8, 4) is 0 Å². The molecule has 0 aliphatic carbocycles. The van der Waals surface area contributed by atoms with Gasteiger partial charge in [-0.05, 0) is 31.2 Å². The quantitative estimate of drug-likeness (QED) is 0.833. The standard InChI is InChI=1S/C16H15FN4O2/c1-8-14(16(23)21(2)3)20-13(18-8)7-11-10-6-9(17)4-5-12(10)19-15(11)22/h4-7H,1-3H3,(H,18,20)(H,19,22)/b11-7-. The Balaban J connectivity index is 2.03. The van der Waals surface area contributed by atoms with Crippen LogP contribution in [0.15, 0.2) is 18.2 Å². The fourth-order valence-corrected chi connectivity index (χ4v) is 2.41. The van der Waals surface area contributed by atoms with Crippen molar-refractivity contribution >= 4 is 29.2 Å². The van der Waals surface area contributed by atoms with E-state index >= 15 is 0 Å². The summed E-state index contributed by atoms with van der Waals surface area (Å²) in [6, 6.07) is 4.09. The zero-order chi connectivity index (χ0) is 16.7. The number of hydrogen-bond donors (Lipinski definition) is 2. The van der Waals surface area contributed by atoms with Gasteiger partial charge >= 0.3 is 0 Å². The predicted molar refractivity (Wildman–Crippen MR) is 84.2 cm³/mol. The van der Waals surface area contributed by atoms with Gasteiger partial charge in [-0.2, -0.15) is 0 Å². The molecule has 3 rings (SSSR count). The van der Waals surface area contributed by atoms with Gasteiger partial charge in [0, 0.05) is 31.0 Å². The summed E-state index contributed by atoms with van der Waals surface area (Å²) >= 11 is 0. The van der Waals surface area contributed by atoms with Gasteiger partial charge in [-0.3, -0.25) is 9.59 Å². The molecule has 2 N–H and O–H groups in total. The molecule has 2 amide bonds. The minimum Gasteiger partial charge on any atom is -0.343 e. The van der Waals surface area contributed by atoms with E-state index in [9.17, 15) is 14.0 Å². The zero-order valence-electron chi connectivity index (χ0n) is 12.9. The third-order valence-electron chi connectivity index (χ3n) is 3.56. The maximum atomic E-state index is 13.4. The highest BCUT2D eigenvalue weighted by atomic mass is 19.1. The lowest BCUT2D eigenvalue weighted by molar-refractivity contribution is -0.110. The Hall–Kier alpha value is -2.96.